The summed E-state index contributed by atoms with van der Waals surface area (Å²) in [5.74, 6) is 0.611. The van der Waals surface area contributed by atoms with E-state index in [1.54, 1.807) is 12.1 Å². The van der Waals surface area contributed by atoms with Crippen LogP contribution in [0.2, 0.25) is 5.02 Å². The monoisotopic (exact) mass is 305 g/mol. The fraction of sp³-hybridized carbons (Fsp3) is 0.588. The van der Waals surface area contributed by atoms with E-state index in [1.165, 1.54) is 6.42 Å². The summed E-state index contributed by atoms with van der Waals surface area (Å²) in [6.45, 7) is 5.24. The van der Waals surface area contributed by atoms with E-state index in [-0.39, 0.29) is 16.7 Å². The highest BCUT2D eigenvalue weighted by Gasteiger charge is 2.78. The lowest BCUT2D eigenvalue weighted by molar-refractivity contribution is -0.149. The van der Waals surface area contributed by atoms with Crippen LogP contribution in [0.15, 0.2) is 24.3 Å². The molecule has 4 atom stereocenters. The Labute approximate surface area is 130 Å². The van der Waals surface area contributed by atoms with Crippen LogP contribution in [-0.4, -0.2) is 18.1 Å². The summed E-state index contributed by atoms with van der Waals surface area (Å²) in [6.07, 6.45) is 3.16. The molecule has 4 bridgehead atoms. The number of rotatable bonds is 2. The molecule has 1 aliphatic heterocycles. The minimum atomic E-state index is -0.660. The first kappa shape index (κ1) is 13.6. The first-order valence-electron chi connectivity index (χ1n) is 7.62. The van der Waals surface area contributed by atoms with Gasteiger partial charge in [-0.15, -0.1) is 0 Å². The number of anilines is 1. The van der Waals surface area contributed by atoms with Crippen LogP contribution in [0, 0.1) is 16.7 Å². The van der Waals surface area contributed by atoms with E-state index in [0.29, 0.717) is 17.5 Å². The van der Waals surface area contributed by atoms with Crippen LogP contribution in [-0.2, 0) is 9.53 Å². The van der Waals surface area contributed by atoms with Crippen molar-refractivity contribution in [1.29, 1.82) is 0 Å². The molecule has 3 fully saturated rings. The highest BCUT2D eigenvalue weighted by atomic mass is 35.5. The summed E-state index contributed by atoms with van der Waals surface area (Å²) >= 11 is 5.99. The molecular formula is C17H20ClNO2. The second kappa shape index (κ2) is 4.02. The Bertz CT molecular complexity index is 633. The zero-order chi connectivity index (χ0) is 14.9. The molecule has 3 nitrogen and oxygen atoms in total. The van der Waals surface area contributed by atoms with Crippen LogP contribution in [0.1, 0.15) is 33.1 Å². The molecule has 0 radical (unpaired) electrons. The Morgan fingerprint density at radius 1 is 1.43 bits per heavy atom. The molecule has 4 rings (SSSR count). The maximum absolute atomic E-state index is 13.0. The first-order valence-corrected chi connectivity index (χ1v) is 8.00. The van der Waals surface area contributed by atoms with E-state index in [2.05, 4.69) is 19.2 Å². The molecule has 0 aromatic heterocycles. The predicted octanol–water partition coefficient (Wildman–Crippen LogP) is 3.87. The van der Waals surface area contributed by atoms with Gasteiger partial charge in [0, 0.05) is 21.5 Å². The van der Waals surface area contributed by atoms with Gasteiger partial charge < -0.3 is 10.1 Å². The van der Waals surface area contributed by atoms with E-state index in [4.69, 9.17) is 16.3 Å². The van der Waals surface area contributed by atoms with E-state index >= 15 is 0 Å². The van der Waals surface area contributed by atoms with Crippen LogP contribution in [0.3, 0.4) is 0 Å². The molecule has 0 spiro atoms. The number of ether oxygens (including phenoxy) is 1. The van der Waals surface area contributed by atoms with Gasteiger partial charge in [0.25, 0.3) is 5.91 Å². The zero-order valence-corrected chi connectivity index (χ0v) is 13.2. The van der Waals surface area contributed by atoms with Crippen molar-refractivity contribution in [1.82, 2.24) is 0 Å². The summed E-state index contributed by atoms with van der Waals surface area (Å²) in [5.41, 5.74) is 0.185. The zero-order valence-electron chi connectivity index (χ0n) is 12.4. The predicted molar refractivity (Wildman–Crippen MR) is 82.3 cm³/mol. The molecular weight excluding hydrogens is 286 g/mol. The second-order valence-electron chi connectivity index (χ2n) is 7.27. The van der Waals surface area contributed by atoms with Gasteiger partial charge in [-0.05, 0) is 43.4 Å². The van der Waals surface area contributed by atoms with Gasteiger partial charge >= 0.3 is 0 Å². The van der Waals surface area contributed by atoms with Gasteiger partial charge in [0.15, 0.2) is 5.60 Å². The van der Waals surface area contributed by atoms with Gasteiger partial charge in [0.1, 0.15) is 0 Å². The number of hydrogen-bond acceptors (Lipinski definition) is 2. The number of nitrogens with one attached hydrogen (secondary N) is 1. The van der Waals surface area contributed by atoms with Crippen molar-refractivity contribution in [2.24, 2.45) is 16.7 Å². The maximum Gasteiger partial charge on any atom is 0.257 e. The summed E-state index contributed by atoms with van der Waals surface area (Å²) in [6, 6.07) is 7.29. The molecule has 2 saturated carbocycles. The van der Waals surface area contributed by atoms with Crippen molar-refractivity contribution in [3.63, 3.8) is 0 Å². The van der Waals surface area contributed by atoms with E-state index < -0.39 is 5.60 Å². The quantitative estimate of drug-likeness (QED) is 0.900. The molecule has 1 aromatic rings. The van der Waals surface area contributed by atoms with Crippen LogP contribution < -0.4 is 5.32 Å². The lowest BCUT2D eigenvalue weighted by atomic mass is 9.66. The van der Waals surface area contributed by atoms with Crippen molar-refractivity contribution in [2.75, 3.05) is 11.9 Å². The highest BCUT2D eigenvalue weighted by molar-refractivity contribution is 6.30. The molecule has 1 amide bonds. The fourth-order valence-corrected chi connectivity index (χ4v) is 5.25. The van der Waals surface area contributed by atoms with Gasteiger partial charge in [-0.1, -0.05) is 31.5 Å². The number of amides is 1. The second-order valence-corrected chi connectivity index (χ2v) is 7.71. The standard InChI is InChI=1S/C17H20ClNO2/c1-15-10-21-17(9-11(15)6-7-16(15,17)2)14(20)19-13-5-3-4-12(18)8-13/h3-5,8,11H,6-7,9-10H2,1-2H3,(H,19,20)/t11-,15-,16-,17-/m0/s1. The normalized spacial score (nSPS) is 43.3. The van der Waals surface area contributed by atoms with Crippen LogP contribution in [0.25, 0.3) is 0 Å². The molecule has 2 aliphatic carbocycles. The van der Waals surface area contributed by atoms with Crippen molar-refractivity contribution in [3.8, 4) is 0 Å². The van der Waals surface area contributed by atoms with Gasteiger partial charge in [0.05, 0.1) is 6.61 Å². The Morgan fingerprint density at radius 3 is 2.90 bits per heavy atom. The smallest absolute Gasteiger partial charge is 0.257 e. The minimum absolute atomic E-state index is 0.00167. The molecule has 0 unspecified atom stereocenters. The molecule has 1 N–H and O–H groups in total. The van der Waals surface area contributed by atoms with Crippen molar-refractivity contribution < 1.29 is 9.53 Å². The SMILES string of the molecule is C[C@@]12CC[C@H]3C[C@@]1(C(=O)Nc1cccc(Cl)c1)OC[C@@]32C. The molecule has 4 heteroatoms. The van der Waals surface area contributed by atoms with Crippen molar-refractivity contribution >= 4 is 23.2 Å². The molecule has 112 valence electrons. The Kier molecular flexibility index (Phi) is 2.60. The molecule has 1 aromatic carbocycles. The Hall–Kier alpha value is -1.06. The summed E-state index contributed by atoms with van der Waals surface area (Å²) in [7, 11) is 0. The Balaban J connectivity index is 1.66. The van der Waals surface area contributed by atoms with Gasteiger partial charge in [0.2, 0.25) is 0 Å². The average molecular weight is 306 g/mol. The maximum atomic E-state index is 13.0. The minimum Gasteiger partial charge on any atom is -0.364 e. The van der Waals surface area contributed by atoms with Crippen LogP contribution >= 0.6 is 11.6 Å². The summed E-state index contributed by atoms with van der Waals surface area (Å²) in [5, 5.41) is 3.65. The summed E-state index contributed by atoms with van der Waals surface area (Å²) in [4.78, 5) is 13.0. The van der Waals surface area contributed by atoms with E-state index in [1.807, 2.05) is 12.1 Å². The number of carbonyl (C=O) groups excluding carboxylic acids is 1. The fourth-order valence-electron chi connectivity index (χ4n) is 5.06. The third-order valence-corrected chi connectivity index (χ3v) is 6.88. The molecule has 1 heterocycles. The van der Waals surface area contributed by atoms with Crippen molar-refractivity contribution in [2.45, 2.75) is 38.7 Å². The summed E-state index contributed by atoms with van der Waals surface area (Å²) < 4.78 is 6.10. The van der Waals surface area contributed by atoms with Gasteiger partial charge in [-0.3, -0.25) is 4.79 Å². The van der Waals surface area contributed by atoms with E-state index in [9.17, 15) is 4.79 Å². The first-order chi connectivity index (χ1) is 9.91. The Morgan fingerprint density at radius 2 is 2.24 bits per heavy atom. The largest absolute Gasteiger partial charge is 0.364 e. The molecule has 1 saturated heterocycles. The molecule has 3 aliphatic rings. The average Bonchev–Trinajstić information content (AvgIpc) is 2.91. The lowest BCUT2D eigenvalue weighted by Crippen LogP contribution is -2.52. The van der Waals surface area contributed by atoms with Crippen LogP contribution in [0.4, 0.5) is 5.69 Å². The number of carbonyl (C=O) groups is 1. The third-order valence-electron chi connectivity index (χ3n) is 6.65. The lowest BCUT2D eigenvalue weighted by Gasteiger charge is -2.40. The van der Waals surface area contributed by atoms with Crippen molar-refractivity contribution in [3.05, 3.63) is 29.3 Å². The number of benzene rings is 1. The van der Waals surface area contributed by atoms with Gasteiger partial charge in [-0.2, -0.15) is 0 Å². The third kappa shape index (κ3) is 1.46. The van der Waals surface area contributed by atoms with E-state index in [0.717, 1.165) is 18.5 Å². The molecule has 21 heavy (non-hydrogen) atoms. The highest BCUT2D eigenvalue weighted by Crippen LogP contribution is 2.75. The number of halogens is 1. The van der Waals surface area contributed by atoms with Gasteiger partial charge in [-0.25, -0.2) is 0 Å². The topological polar surface area (TPSA) is 38.3 Å². The van der Waals surface area contributed by atoms with Crippen LogP contribution in [0.5, 0.6) is 0 Å². The number of hydrogen-bond donors (Lipinski definition) is 1.